The summed E-state index contributed by atoms with van der Waals surface area (Å²) in [5.41, 5.74) is 5.39. The van der Waals surface area contributed by atoms with Crippen LogP contribution in [-0.2, 0) is 21.2 Å². The smallest absolute Gasteiger partial charge is 0.305 e. The lowest BCUT2D eigenvalue weighted by molar-refractivity contribution is -0.138. The fraction of sp³-hybridized carbons (Fsp3) is 0.500. The van der Waals surface area contributed by atoms with Gasteiger partial charge in [-0.25, -0.2) is 8.42 Å². The standard InChI is InChI=1S/C12H16N2O6S/c13-6-9-1-2-10(20-9)12(17)14-3-4-21(18,19)7-8(14)5-11(15)16/h1-2,8H,3-7,13H2,(H,15,16). The number of amides is 1. The number of nitrogens with zero attached hydrogens (tertiary/aromatic N) is 1. The van der Waals surface area contributed by atoms with Crippen LogP contribution in [0, 0.1) is 0 Å². The number of nitrogens with two attached hydrogens (primary N) is 1. The second-order valence-corrected chi connectivity index (χ2v) is 7.06. The normalized spacial score (nSPS) is 21.2. The van der Waals surface area contributed by atoms with Crippen molar-refractivity contribution in [3.63, 3.8) is 0 Å². The Morgan fingerprint density at radius 1 is 1.43 bits per heavy atom. The first-order valence-electron chi connectivity index (χ1n) is 6.34. The fourth-order valence-electron chi connectivity index (χ4n) is 2.27. The molecule has 1 amide bonds. The zero-order valence-electron chi connectivity index (χ0n) is 11.2. The van der Waals surface area contributed by atoms with E-state index in [1.54, 1.807) is 6.07 Å². The fourth-order valence-corrected chi connectivity index (χ4v) is 3.79. The number of hydrogen-bond acceptors (Lipinski definition) is 6. The molecule has 0 radical (unpaired) electrons. The molecule has 0 spiro atoms. The molecule has 3 N–H and O–H groups in total. The minimum absolute atomic E-state index is 0.0325. The summed E-state index contributed by atoms with van der Waals surface area (Å²) in [7, 11) is -3.33. The summed E-state index contributed by atoms with van der Waals surface area (Å²) >= 11 is 0. The third kappa shape index (κ3) is 3.61. The highest BCUT2D eigenvalue weighted by Gasteiger charge is 2.36. The molecular formula is C12H16N2O6S. The van der Waals surface area contributed by atoms with Crippen LogP contribution in [0.15, 0.2) is 16.5 Å². The van der Waals surface area contributed by atoms with Crippen molar-refractivity contribution in [3.8, 4) is 0 Å². The van der Waals surface area contributed by atoms with Crippen molar-refractivity contribution in [1.29, 1.82) is 0 Å². The molecule has 1 saturated heterocycles. The molecule has 8 nitrogen and oxygen atoms in total. The maximum Gasteiger partial charge on any atom is 0.305 e. The Balaban J connectivity index is 2.22. The zero-order chi connectivity index (χ0) is 15.6. The van der Waals surface area contributed by atoms with Gasteiger partial charge in [-0.2, -0.15) is 0 Å². The predicted octanol–water partition coefficient (Wildman–Crippen LogP) is -0.548. The highest BCUT2D eigenvalue weighted by molar-refractivity contribution is 7.91. The molecule has 0 saturated carbocycles. The van der Waals surface area contributed by atoms with E-state index in [9.17, 15) is 18.0 Å². The number of sulfone groups is 1. The van der Waals surface area contributed by atoms with E-state index in [1.807, 2.05) is 0 Å². The lowest BCUT2D eigenvalue weighted by Crippen LogP contribution is -2.51. The Morgan fingerprint density at radius 3 is 2.71 bits per heavy atom. The molecule has 2 heterocycles. The van der Waals surface area contributed by atoms with E-state index in [0.29, 0.717) is 5.76 Å². The van der Waals surface area contributed by atoms with Gasteiger partial charge in [0.25, 0.3) is 5.91 Å². The monoisotopic (exact) mass is 316 g/mol. The summed E-state index contributed by atoms with van der Waals surface area (Å²) in [6.45, 7) is 0.0952. The van der Waals surface area contributed by atoms with Gasteiger partial charge in [0.05, 0.1) is 30.5 Å². The largest absolute Gasteiger partial charge is 0.481 e. The maximum atomic E-state index is 12.3. The summed E-state index contributed by atoms with van der Waals surface area (Å²) in [6, 6.07) is 2.12. The summed E-state index contributed by atoms with van der Waals surface area (Å²) in [4.78, 5) is 24.4. The second kappa shape index (κ2) is 5.86. The molecule has 1 unspecified atom stereocenters. The van der Waals surface area contributed by atoms with Crippen LogP contribution in [0.3, 0.4) is 0 Å². The van der Waals surface area contributed by atoms with Crippen LogP contribution in [0.25, 0.3) is 0 Å². The lowest BCUT2D eigenvalue weighted by atomic mass is 10.2. The van der Waals surface area contributed by atoms with Gasteiger partial charge in [-0.1, -0.05) is 0 Å². The maximum absolute atomic E-state index is 12.3. The molecule has 2 rings (SSSR count). The van der Waals surface area contributed by atoms with Crippen LogP contribution >= 0.6 is 0 Å². The van der Waals surface area contributed by atoms with Gasteiger partial charge in [-0.3, -0.25) is 9.59 Å². The number of rotatable bonds is 4. The molecule has 1 aliphatic heterocycles. The third-order valence-corrected chi connectivity index (χ3v) is 4.97. The Morgan fingerprint density at radius 2 is 2.14 bits per heavy atom. The van der Waals surface area contributed by atoms with E-state index in [1.165, 1.54) is 11.0 Å². The first kappa shape index (κ1) is 15.5. The van der Waals surface area contributed by atoms with E-state index in [2.05, 4.69) is 0 Å². The molecule has 1 aromatic heterocycles. The summed E-state index contributed by atoms with van der Waals surface area (Å²) < 4.78 is 28.5. The number of carboxylic acid groups (broad SMARTS) is 1. The lowest BCUT2D eigenvalue weighted by Gasteiger charge is -2.34. The van der Waals surface area contributed by atoms with E-state index in [-0.39, 0.29) is 30.4 Å². The van der Waals surface area contributed by atoms with Crippen LogP contribution in [0.2, 0.25) is 0 Å². The van der Waals surface area contributed by atoms with Crippen LogP contribution in [0.5, 0.6) is 0 Å². The average Bonchev–Trinajstić information content (AvgIpc) is 2.85. The van der Waals surface area contributed by atoms with Gasteiger partial charge in [-0.05, 0) is 12.1 Å². The van der Waals surface area contributed by atoms with Gasteiger partial charge in [0, 0.05) is 6.54 Å². The highest BCUT2D eigenvalue weighted by Crippen LogP contribution is 2.19. The van der Waals surface area contributed by atoms with Crippen LogP contribution < -0.4 is 5.73 Å². The number of hydrogen-bond donors (Lipinski definition) is 2. The minimum Gasteiger partial charge on any atom is -0.481 e. The number of carboxylic acids is 1. The zero-order valence-corrected chi connectivity index (χ0v) is 12.0. The van der Waals surface area contributed by atoms with E-state index < -0.39 is 34.2 Å². The van der Waals surface area contributed by atoms with Gasteiger partial charge in [0.1, 0.15) is 5.76 Å². The first-order chi connectivity index (χ1) is 9.82. The SMILES string of the molecule is NCc1ccc(C(=O)N2CCS(=O)(=O)CC2CC(=O)O)o1. The van der Waals surface area contributed by atoms with Gasteiger partial charge < -0.3 is 20.2 Å². The third-order valence-electron chi connectivity index (χ3n) is 3.28. The Labute approximate surface area is 121 Å². The predicted molar refractivity (Wildman–Crippen MR) is 72.3 cm³/mol. The quantitative estimate of drug-likeness (QED) is 0.762. The molecule has 0 bridgehead atoms. The average molecular weight is 316 g/mol. The van der Waals surface area contributed by atoms with Crippen molar-refractivity contribution in [2.75, 3.05) is 18.1 Å². The van der Waals surface area contributed by atoms with Gasteiger partial charge in [-0.15, -0.1) is 0 Å². The Hall–Kier alpha value is -1.87. The van der Waals surface area contributed by atoms with Crippen LogP contribution in [-0.4, -0.2) is 54.4 Å². The number of aliphatic carboxylic acids is 1. The molecule has 0 aliphatic carbocycles. The molecule has 1 aromatic rings. The Bertz CT molecular complexity index is 650. The van der Waals surface area contributed by atoms with Crippen molar-refractivity contribution < 1.29 is 27.5 Å². The van der Waals surface area contributed by atoms with Gasteiger partial charge in [0.15, 0.2) is 15.6 Å². The topological polar surface area (TPSA) is 131 Å². The molecule has 0 aromatic carbocycles. The van der Waals surface area contributed by atoms with Crippen LogP contribution in [0.4, 0.5) is 0 Å². The molecular weight excluding hydrogens is 300 g/mol. The van der Waals surface area contributed by atoms with E-state index in [4.69, 9.17) is 15.3 Å². The Kier molecular flexibility index (Phi) is 4.33. The number of furan rings is 1. The number of carbonyl (C=O) groups is 2. The van der Waals surface area contributed by atoms with Crippen molar-refractivity contribution in [2.24, 2.45) is 5.73 Å². The van der Waals surface area contributed by atoms with E-state index >= 15 is 0 Å². The van der Waals surface area contributed by atoms with Gasteiger partial charge in [0.2, 0.25) is 0 Å². The summed E-state index contributed by atoms with van der Waals surface area (Å²) in [6.07, 6.45) is -0.421. The molecule has 1 fully saturated rings. The minimum atomic E-state index is -3.33. The first-order valence-corrected chi connectivity index (χ1v) is 8.16. The summed E-state index contributed by atoms with van der Waals surface area (Å²) in [5.74, 6) is -1.75. The van der Waals surface area contributed by atoms with Crippen molar-refractivity contribution in [2.45, 2.75) is 19.0 Å². The molecule has 1 atom stereocenters. The van der Waals surface area contributed by atoms with Crippen molar-refractivity contribution in [3.05, 3.63) is 23.7 Å². The molecule has 1 aliphatic rings. The van der Waals surface area contributed by atoms with Crippen molar-refractivity contribution in [1.82, 2.24) is 4.90 Å². The van der Waals surface area contributed by atoms with Crippen molar-refractivity contribution >= 4 is 21.7 Å². The van der Waals surface area contributed by atoms with E-state index in [0.717, 1.165) is 0 Å². The molecule has 116 valence electrons. The number of carbonyl (C=O) groups excluding carboxylic acids is 1. The van der Waals surface area contributed by atoms with Gasteiger partial charge >= 0.3 is 5.97 Å². The van der Waals surface area contributed by atoms with Crippen LogP contribution in [0.1, 0.15) is 22.7 Å². The second-order valence-electron chi connectivity index (χ2n) is 4.83. The summed E-state index contributed by atoms with van der Waals surface area (Å²) in [5, 5.41) is 8.88. The highest BCUT2D eigenvalue weighted by atomic mass is 32.2. The molecule has 9 heteroatoms. The molecule has 21 heavy (non-hydrogen) atoms.